The summed E-state index contributed by atoms with van der Waals surface area (Å²) in [5, 5.41) is 26.1. The van der Waals surface area contributed by atoms with E-state index >= 15 is 0 Å². The molecule has 0 aromatic heterocycles. The Kier molecular flexibility index (Phi) is 25.6. The van der Waals surface area contributed by atoms with Gasteiger partial charge < -0.3 is 42.4 Å². The molecule has 0 fully saturated rings. The second kappa shape index (κ2) is 27.5. The van der Waals surface area contributed by atoms with Crippen molar-refractivity contribution in [2.45, 2.75) is 147 Å². The average molecular weight is 628 g/mol. The molecular formula is C31H57N5O8. The zero-order valence-electron chi connectivity index (χ0n) is 26.4. The number of carboxylic acids is 2. The summed E-state index contributed by atoms with van der Waals surface area (Å²) in [6, 6.07) is -2.24. The molecule has 0 bridgehead atoms. The van der Waals surface area contributed by atoms with Crippen molar-refractivity contribution in [1.82, 2.24) is 16.0 Å². The van der Waals surface area contributed by atoms with Crippen molar-refractivity contribution in [3.8, 4) is 0 Å². The molecule has 0 aromatic rings. The lowest BCUT2D eigenvalue weighted by Gasteiger charge is -2.15. The summed E-state index contributed by atoms with van der Waals surface area (Å²) in [4.78, 5) is 68.9. The molecule has 3 atom stereocenters. The van der Waals surface area contributed by atoms with Crippen LogP contribution in [0.15, 0.2) is 0 Å². The van der Waals surface area contributed by atoms with E-state index in [9.17, 15) is 33.9 Å². The van der Waals surface area contributed by atoms with Crippen LogP contribution in [0.4, 0.5) is 0 Å². The normalized spacial score (nSPS) is 13.0. The van der Waals surface area contributed by atoms with Gasteiger partial charge in [-0.05, 0) is 57.8 Å². The van der Waals surface area contributed by atoms with Gasteiger partial charge in [-0.2, -0.15) is 0 Å². The Balaban J connectivity index is 3.87. The number of carbonyl (C=O) groups excluding carboxylic acids is 4. The fourth-order valence-electron chi connectivity index (χ4n) is 4.63. The number of aldehydes is 1. The van der Waals surface area contributed by atoms with E-state index in [1.54, 1.807) is 0 Å². The lowest BCUT2D eigenvalue weighted by Crippen LogP contribution is -2.41. The monoisotopic (exact) mass is 627 g/mol. The van der Waals surface area contributed by atoms with Crippen molar-refractivity contribution in [3.05, 3.63) is 0 Å². The SMILES string of the molecule is N[C@H](C=O)CCCCNC(=O)[C@@H](N)CCCCNC(=O)CC[C@H](NC(=O)CCCCCCCCCCCCC(=O)O)C(=O)O. The molecule has 3 amide bonds. The van der Waals surface area contributed by atoms with Gasteiger partial charge in [0, 0.05) is 32.4 Å². The molecule has 0 heterocycles. The van der Waals surface area contributed by atoms with E-state index in [1.807, 2.05) is 0 Å². The smallest absolute Gasteiger partial charge is 0.326 e. The lowest BCUT2D eigenvalue weighted by molar-refractivity contribution is -0.142. The number of carbonyl (C=O) groups is 6. The predicted molar refractivity (Wildman–Crippen MR) is 168 cm³/mol. The summed E-state index contributed by atoms with van der Waals surface area (Å²) in [5.41, 5.74) is 11.4. The Hall–Kier alpha value is -3.06. The van der Waals surface area contributed by atoms with Crippen LogP contribution < -0.4 is 27.4 Å². The maximum atomic E-state index is 12.2. The van der Waals surface area contributed by atoms with Gasteiger partial charge in [0.25, 0.3) is 0 Å². The van der Waals surface area contributed by atoms with Crippen LogP contribution in [-0.4, -0.2) is 77.4 Å². The summed E-state index contributed by atoms with van der Waals surface area (Å²) in [7, 11) is 0. The number of nitrogens with two attached hydrogens (primary N) is 2. The zero-order valence-corrected chi connectivity index (χ0v) is 26.4. The summed E-state index contributed by atoms with van der Waals surface area (Å²) in [5.74, 6) is -2.80. The van der Waals surface area contributed by atoms with Crippen LogP contribution in [0.1, 0.15) is 128 Å². The van der Waals surface area contributed by atoms with Crippen molar-refractivity contribution in [2.75, 3.05) is 13.1 Å². The molecular weight excluding hydrogens is 570 g/mol. The van der Waals surface area contributed by atoms with Crippen molar-refractivity contribution >= 4 is 35.9 Å². The molecule has 0 aliphatic rings. The van der Waals surface area contributed by atoms with E-state index in [1.165, 1.54) is 0 Å². The van der Waals surface area contributed by atoms with Gasteiger partial charge in [0.1, 0.15) is 12.3 Å². The molecule has 13 heteroatoms. The molecule has 0 unspecified atom stereocenters. The first-order chi connectivity index (χ1) is 21.1. The Morgan fingerprint density at radius 3 is 1.66 bits per heavy atom. The second-order valence-electron chi connectivity index (χ2n) is 11.5. The van der Waals surface area contributed by atoms with Gasteiger partial charge in [-0.25, -0.2) is 4.79 Å². The Morgan fingerprint density at radius 1 is 0.591 bits per heavy atom. The zero-order chi connectivity index (χ0) is 33.0. The maximum Gasteiger partial charge on any atom is 0.326 e. The molecule has 254 valence electrons. The van der Waals surface area contributed by atoms with Crippen LogP contribution in [-0.2, 0) is 28.8 Å². The third-order valence-corrected chi connectivity index (χ3v) is 7.38. The molecule has 0 saturated heterocycles. The van der Waals surface area contributed by atoms with Gasteiger partial charge in [-0.15, -0.1) is 0 Å². The number of unbranched alkanes of at least 4 members (excludes halogenated alkanes) is 11. The molecule has 0 rings (SSSR count). The summed E-state index contributed by atoms with van der Waals surface area (Å²) in [6.45, 7) is 0.842. The van der Waals surface area contributed by atoms with E-state index in [0.29, 0.717) is 57.9 Å². The van der Waals surface area contributed by atoms with Crippen molar-refractivity contribution < 1.29 is 39.0 Å². The van der Waals surface area contributed by atoms with Gasteiger partial charge in [0.15, 0.2) is 0 Å². The van der Waals surface area contributed by atoms with Crippen LogP contribution in [0, 0.1) is 0 Å². The van der Waals surface area contributed by atoms with Crippen LogP contribution in [0.25, 0.3) is 0 Å². The topological polar surface area (TPSA) is 231 Å². The highest BCUT2D eigenvalue weighted by atomic mass is 16.4. The highest BCUT2D eigenvalue weighted by Crippen LogP contribution is 2.12. The van der Waals surface area contributed by atoms with E-state index in [0.717, 1.165) is 64.2 Å². The highest BCUT2D eigenvalue weighted by molar-refractivity contribution is 5.84. The van der Waals surface area contributed by atoms with Crippen molar-refractivity contribution in [3.63, 3.8) is 0 Å². The van der Waals surface area contributed by atoms with E-state index in [-0.39, 0.29) is 43.4 Å². The van der Waals surface area contributed by atoms with Gasteiger partial charge in [-0.3, -0.25) is 19.2 Å². The minimum Gasteiger partial charge on any atom is -0.481 e. The first kappa shape index (κ1) is 40.9. The highest BCUT2D eigenvalue weighted by Gasteiger charge is 2.21. The molecule has 0 saturated carbocycles. The van der Waals surface area contributed by atoms with E-state index in [2.05, 4.69) is 16.0 Å². The number of hydrogen-bond acceptors (Lipinski definition) is 8. The van der Waals surface area contributed by atoms with E-state index < -0.39 is 30.1 Å². The van der Waals surface area contributed by atoms with Gasteiger partial charge in [0.2, 0.25) is 17.7 Å². The molecule has 0 radical (unpaired) electrons. The maximum absolute atomic E-state index is 12.2. The summed E-state index contributed by atoms with van der Waals surface area (Å²) in [6.07, 6.45) is 14.6. The largest absolute Gasteiger partial charge is 0.481 e. The number of amides is 3. The molecule has 44 heavy (non-hydrogen) atoms. The van der Waals surface area contributed by atoms with Gasteiger partial charge in [-0.1, -0.05) is 51.4 Å². The Morgan fingerprint density at radius 2 is 1.11 bits per heavy atom. The second-order valence-corrected chi connectivity index (χ2v) is 11.5. The minimum absolute atomic E-state index is 0.00462. The first-order valence-corrected chi connectivity index (χ1v) is 16.3. The number of aliphatic carboxylic acids is 2. The number of hydrogen-bond donors (Lipinski definition) is 7. The van der Waals surface area contributed by atoms with Crippen molar-refractivity contribution in [2.24, 2.45) is 11.5 Å². The number of rotatable bonds is 30. The van der Waals surface area contributed by atoms with Crippen molar-refractivity contribution in [1.29, 1.82) is 0 Å². The van der Waals surface area contributed by atoms with Crippen LogP contribution >= 0.6 is 0 Å². The molecule has 0 aliphatic heterocycles. The third kappa shape index (κ3) is 25.4. The summed E-state index contributed by atoms with van der Waals surface area (Å²) < 4.78 is 0. The Bertz CT molecular complexity index is 842. The molecule has 0 spiro atoms. The minimum atomic E-state index is -1.18. The summed E-state index contributed by atoms with van der Waals surface area (Å²) >= 11 is 0. The Labute approximate surface area is 262 Å². The predicted octanol–water partition coefficient (Wildman–Crippen LogP) is 2.53. The average Bonchev–Trinajstić information content (AvgIpc) is 2.98. The lowest BCUT2D eigenvalue weighted by atomic mass is 10.0. The fourth-order valence-corrected chi connectivity index (χ4v) is 4.63. The van der Waals surface area contributed by atoms with Crippen LogP contribution in [0.5, 0.6) is 0 Å². The number of nitrogens with one attached hydrogen (secondary N) is 3. The first-order valence-electron chi connectivity index (χ1n) is 16.3. The van der Waals surface area contributed by atoms with Crippen LogP contribution in [0.2, 0.25) is 0 Å². The fraction of sp³-hybridized carbons (Fsp3) is 0.806. The van der Waals surface area contributed by atoms with E-state index in [4.69, 9.17) is 16.6 Å². The van der Waals surface area contributed by atoms with Gasteiger partial charge in [0.05, 0.1) is 12.1 Å². The quantitative estimate of drug-likeness (QED) is 0.0454. The van der Waals surface area contributed by atoms with Crippen LogP contribution in [0.3, 0.4) is 0 Å². The number of carboxylic acid groups (broad SMARTS) is 2. The standard InChI is InChI=1S/C31H57N5O8/c32-24(23-37)15-11-13-22-35-30(42)25(33)16-12-14-21-34-27(38)20-19-26(31(43)44)36-28(39)17-9-7-5-3-1-2-4-6-8-10-18-29(40)41/h23-26H,1-22,32-33H2,(H,34,38)(H,35,42)(H,36,39)(H,40,41)(H,43,44)/t24-,25-,26-/m0/s1. The third-order valence-electron chi connectivity index (χ3n) is 7.38. The van der Waals surface area contributed by atoms with Gasteiger partial charge >= 0.3 is 11.9 Å². The molecule has 0 aliphatic carbocycles. The molecule has 0 aromatic carbocycles. The molecule has 9 N–H and O–H groups in total. The molecule has 13 nitrogen and oxygen atoms in total.